The summed E-state index contributed by atoms with van der Waals surface area (Å²) < 4.78 is 14.3. The number of carbonyl (C=O) groups is 8. The van der Waals surface area contributed by atoms with Gasteiger partial charge in [-0.3, -0.25) is 43.4 Å². The third-order valence-electron chi connectivity index (χ3n) is 16.5. The Morgan fingerprint density at radius 2 is 1.35 bits per heavy atom. The van der Waals surface area contributed by atoms with Gasteiger partial charge in [-0.25, -0.2) is 0 Å². The molecule has 30 nitrogen and oxygen atoms in total. The summed E-state index contributed by atoms with van der Waals surface area (Å²) in [6.07, 6.45) is -7.71. The number of benzene rings is 3. The van der Waals surface area contributed by atoms with E-state index < -0.39 is 177 Å². The number of nitrogens with two attached hydrogens (primary N) is 1. The largest absolute Gasteiger partial charge is 1.00 e. The predicted octanol–water partition coefficient (Wildman–Crippen LogP) is -5.60. The first-order chi connectivity index (χ1) is 44.0. The molecule has 33 heteroatoms. The topological polar surface area (TPSA) is 437 Å². The van der Waals surface area contributed by atoms with Crippen LogP contribution in [-0.4, -0.2) is 231 Å². The van der Waals surface area contributed by atoms with Gasteiger partial charge in [0.25, 0.3) is 18.2 Å². The van der Waals surface area contributed by atoms with Crippen LogP contribution in [0.2, 0.25) is 0 Å². The van der Waals surface area contributed by atoms with E-state index in [4.69, 9.17) is 14.7 Å². The number of aliphatic hydroxyl groups is 6. The Balaban J connectivity index is 0.0000137. The van der Waals surface area contributed by atoms with Crippen molar-refractivity contribution in [2.75, 3.05) is 75.1 Å². The van der Waals surface area contributed by atoms with Crippen LogP contribution >= 0.6 is 24.1 Å². The minimum atomic E-state index is -2.21. The summed E-state index contributed by atoms with van der Waals surface area (Å²) in [5.74, 6) is -9.93. The summed E-state index contributed by atoms with van der Waals surface area (Å²) in [6, 6.07) is 7.01. The minimum absolute atomic E-state index is 0. The van der Waals surface area contributed by atoms with Crippen molar-refractivity contribution in [3.8, 4) is 11.5 Å². The van der Waals surface area contributed by atoms with Crippen molar-refractivity contribution in [1.82, 2.24) is 36.4 Å². The van der Waals surface area contributed by atoms with E-state index in [2.05, 4.69) is 70.0 Å². The molecule has 0 bridgehead atoms. The van der Waals surface area contributed by atoms with E-state index in [1.54, 1.807) is 31.4 Å². The maximum absolute atomic E-state index is 14.7. The molecule has 8 amide bonds. The number of aliphatic hydroxyl groups excluding tert-OH is 6. The second-order valence-corrected chi connectivity index (χ2v) is 25.0. The molecule has 4 heterocycles. The normalized spacial score (nSPS) is 25.4. The summed E-state index contributed by atoms with van der Waals surface area (Å²) in [7, 11) is 1.72. The Kier molecular flexibility index (Phi) is 30.0. The number of carbonyl (C=O) groups excluding carboxylic acids is 8. The van der Waals surface area contributed by atoms with Crippen molar-refractivity contribution >= 4 is 82.7 Å². The van der Waals surface area contributed by atoms with Gasteiger partial charge in [-0.15, -0.1) is 16.1 Å². The molecule has 0 saturated carbocycles. The molecular weight excluding hydrogens is 1270 g/mol. The fourth-order valence-electron chi connectivity index (χ4n) is 11.5. The van der Waals surface area contributed by atoms with Crippen LogP contribution < -0.4 is 81.1 Å². The number of fused-ring (bicyclic) bond motifs is 2. The van der Waals surface area contributed by atoms with Gasteiger partial charge >= 0.3 is 29.6 Å². The molecule has 4 aliphatic heterocycles. The van der Waals surface area contributed by atoms with Crippen molar-refractivity contribution < 1.29 is 127 Å². The zero-order valence-electron chi connectivity index (χ0n) is 52.2. The molecule has 0 spiro atoms. The van der Waals surface area contributed by atoms with E-state index in [0.29, 0.717) is 13.1 Å². The monoisotopic (exact) mass is 1350 g/mol. The number of aromatic hydroxyl groups is 1. The fraction of sp³-hybridized carbons (Fsp3) is 0.567. The van der Waals surface area contributed by atoms with Crippen LogP contribution in [0.25, 0.3) is 0 Å². The van der Waals surface area contributed by atoms with Gasteiger partial charge < -0.3 is 102 Å². The Morgan fingerprint density at radius 1 is 0.742 bits per heavy atom. The molecule has 13 atom stereocenters. The second-order valence-electron chi connectivity index (χ2n) is 23.4. The van der Waals surface area contributed by atoms with E-state index in [1.807, 2.05) is 11.8 Å². The molecule has 4 saturated heterocycles. The van der Waals surface area contributed by atoms with Gasteiger partial charge in [0.05, 0.1) is 43.0 Å². The number of phenols is 1. The van der Waals surface area contributed by atoms with Gasteiger partial charge in [0.15, 0.2) is 11.5 Å². The zero-order valence-corrected chi connectivity index (χ0v) is 55.8. The molecule has 4 fully saturated rings. The van der Waals surface area contributed by atoms with Crippen LogP contribution in [0.5, 0.6) is 11.5 Å². The molecule has 93 heavy (non-hydrogen) atoms. The first-order valence-corrected chi connectivity index (χ1v) is 32.0. The predicted molar refractivity (Wildman–Crippen MR) is 330 cm³/mol. The summed E-state index contributed by atoms with van der Waals surface area (Å²) in [5, 5.41) is 104. The van der Waals surface area contributed by atoms with Gasteiger partial charge in [-0.1, -0.05) is 32.3 Å². The standard InChI is InChI=1S/C60H84N10O20S2.Na/c1-33-31-70-52(53(33)78)58(83)62-30-39(72)27-42(63-54(79)36-10-12-37(13-11-36)67-19-21-68(22-20-67)38-14-16-41(17-15-38)91-24-8-6-4-5-7-23-87-3)55(80)64-49(34(2)71)59(84)69-32-40(73)28-43(69)56(81)65-50(57(82)66-51(60(70)85)46(76)29-48(61)77)45(75)25-35-9-18-44(74)47(26-35)88-92-90-89-86;/h9-18,26,33-34,39-40,42-43,45-46,49-53,71-76,78,86H,4-8,19-25,27-32H2,1-3H3,(H2,61,77)(H,62,83)(H,63,79)(H,64,80)(H,65,81)(H,66,82);/q;+1/p-1/t33?,34?,39?,40?,42-,43?,45?,46?,49?,50?,51?,52?,53?;/m0./s1. The van der Waals surface area contributed by atoms with Gasteiger partial charge in [0, 0.05) is 107 Å². The van der Waals surface area contributed by atoms with Crippen molar-refractivity contribution in [2.45, 2.75) is 149 Å². The molecule has 7 rings (SSSR count). The number of nitrogens with zero attached hydrogens (tertiary/aromatic N) is 4. The first kappa shape index (κ1) is 75.9. The molecule has 4 aliphatic rings. The number of β-amino-alcohol motifs (C(OH)–C–C–N with tert-alkyl or cyclic N) is 1. The minimum Gasteiger partial charge on any atom is -0.691 e. The number of nitrogens with one attached hydrogen (secondary N) is 5. The molecule has 3 aromatic carbocycles. The zero-order chi connectivity index (χ0) is 66.8. The summed E-state index contributed by atoms with van der Waals surface area (Å²) >= 11 is 1.85. The molecule has 0 aromatic heterocycles. The maximum atomic E-state index is 14.7. The average Bonchev–Trinajstić information content (AvgIpc) is 1.70. The molecule has 506 valence electrons. The van der Waals surface area contributed by atoms with Crippen LogP contribution in [0.1, 0.15) is 81.1 Å². The second kappa shape index (κ2) is 36.7. The van der Waals surface area contributed by atoms with Crippen molar-refractivity contribution in [2.24, 2.45) is 11.7 Å². The molecule has 3 aromatic rings. The van der Waals surface area contributed by atoms with Crippen molar-refractivity contribution in [3.63, 3.8) is 0 Å². The molecular formula is C60H83N10NaO20S2. The average molecular weight is 1350 g/mol. The Bertz CT molecular complexity index is 2990. The van der Waals surface area contributed by atoms with E-state index in [1.165, 1.54) is 37.1 Å². The number of ether oxygens (including phenoxy) is 1. The van der Waals surface area contributed by atoms with Gasteiger partial charge in [0.1, 0.15) is 36.3 Å². The molecule has 14 N–H and O–H groups in total. The molecule has 0 aliphatic carbocycles. The SMILES string of the molecule is COCCCCCCCSc1ccc(N2CCN(c3ccc(C(=O)N[C@H]4CC(O)CNC(=O)C5C(O)C(C)CN5C(=O)C(C(O)CC(N)=O)NC(=O)C(C(O)Cc5ccc(O)c(OSOO[O-])c5)NC(=O)C5CC(O)CN5C(=O)C(C(C)O)NC4=O)cc3)CC2)cc1.[Na+]. The summed E-state index contributed by atoms with van der Waals surface area (Å²) in [4.78, 5) is 121. The third kappa shape index (κ3) is 21.2. The number of anilines is 2. The van der Waals surface area contributed by atoms with E-state index in [-0.39, 0.29) is 58.8 Å². The van der Waals surface area contributed by atoms with Crippen LogP contribution in [0, 0.1) is 5.92 Å². The summed E-state index contributed by atoms with van der Waals surface area (Å²) in [5.41, 5.74) is 7.50. The van der Waals surface area contributed by atoms with Crippen molar-refractivity contribution in [1.29, 1.82) is 0 Å². The van der Waals surface area contributed by atoms with E-state index in [9.17, 15) is 79.4 Å². The van der Waals surface area contributed by atoms with Crippen LogP contribution in [-0.2, 0) is 54.1 Å². The Hall–Kier alpha value is -6.08. The number of primary amides is 1. The van der Waals surface area contributed by atoms with Gasteiger partial charge in [0.2, 0.25) is 41.4 Å². The fourth-order valence-corrected chi connectivity index (χ4v) is 12.7. The van der Waals surface area contributed by atoms with Crippen LogP contribution in [0.15, 0.2) is 71.6 Å². The number of amides is 8. The summed E-state index contributed by atoms with van der Waals surface area (Å²) in [6.45, 7) is 4.51. The number of phenolic OH excluding ortho intramolecular Hbond substituents is 1. The first-order valence-electron chi connectivity index (χ1n) is 30.4. The smallest absolute Gasteiger partial charge is 0.691 e. The number of rotatable bonds is 24. The number of hydrogen-bond donors (Lipinski definition) is 13. The number of unbranched alkanes of at least 4 members (excludes halogenated alkanes) is 4. The van der Waals surface area contributed by atoms with Crippen LogP contribution in [0.4, 0.5) is 11.4 Å². The number of hydrogen-bond acceptors (Lipinski definition) is 24. The Morgan fingerprint density at radius 3 is 1.99 bits per heavy atom. The van der Waals surface area contributed by atoms with Gasteiger partial charge in [-0.05, 0) is 91.7 Å². The van der Waals surface area contributed by atoms with E-state index >= 15 is 0 Å². The third-order valence-corrected chi connectivity index (χ3v) is 18.0. The number of methoxy groups -OCH3 is 1. The van der Waals surface area contributed by atoms with Gasteiger partial charge in [-0.2, -0.15) is 0 Å². The van der Waals surface area contributed by atoms with E-state index in [0.717, 1.165) is 78.5 Å². The van der Waals surface area contributed by atoms with Crippen molar-refractivity contribution in [3.05, 3.63) is 77.9 Å². The quantitative estimate of drug-likeness (QED) is 0.00993. The number of piperazine rings is 1. The van der Waals surface area contributed by atoms with Crippen LogP contribution in [0.3, 0.4) is 0 Å². The maximum Gasteiger partial charge on any atom is 1.00 e. The number of thioether (sulfide) groups is 1. The molecule has 12 unspecified atom stereocenters. The molecule has 0 radical (unpaired) electrons. The Labute approximate surface area is 568 Å².